The average Bonchev–Trinajstić information content (AvgIpc) is 2.74. The minimum atomic E-state index is -3.52. The Balaban J connectivity index is 2.24. The number of hydrogen-bond acceptors (Lipinski definition) is 4. The van der Waals surface area contributed by atoms with E-state index in [-0.39, 0.29) is 17.5 Å². The molecule has 0 saturated carbocycles. The summed E-state index contributed by atoms with van der Waals surface area (Å²) in [5, 5.41) is 9.12. The van der Waals surface area contributed by atoms with E-state index < -0.39 is 10.0 Å². The van der Waals surface area contributed by atoms with Gasteiger partial charge in [-0.3, -0.25) is 0 Å². The lowest BCUT2D eigenvalue weighted by molar-refractivity contribution is 0.281. The van der Waals surface area contributed by atoms with Crippen molar-refractivity contribution in [1.82, 2.24) is 9.62 Å². The number of aliphatic hydroxyl groups is 1. The van der Waals surface area contributed by atoms with Crippen molar-refractivity contribution in [3.05, 3.63) is 29.3 Å². The van der Waals surface area contributed by atoms with E-state index in [0.29, 0.717) is 11.1 Å². The third kappa shape index (κ3) is 3.33. The van der Waals surface area contributed by atoms with Gasteiger partial charge in [0, 0.05) is 12.6 Å². The van der Waals surface area contributed by atoms with Crippen LogP contribution in [0.15, 0.2) is 23.1 Å². The number of nitrogens with zero attached hydrogens (tertiary/aromatic N) is 1. The van der Waals surface area contributed by atoms with Crippen LogP contribution in [-0.2, 0) is 16.6 Å². The summed E-state index contributed by atoms with van der Waals surface area (Å²) in [6.07, 6.45) is 0.828. The minimum absolute atomic E-state index is 0.0350. The summed E-state index contributed by atoms with van der Waals surface area (Å²) in [7, 11) is -1.54. The van der Waals surface area contributed by atoms with Crippen molar-refractivity contribution in [3.8, 4) is 0 Å². The van der Waals surface area contributed by atoms with Crippen LogP contribution in [0.1, 0.15) is 17.5 Å². The number of aliphatic hydroxyl groups excluding tert-OH is 1. The van der Waals surface area contributed by atoms with Crippen LogP contribution < -0.4 is 4.72 Å². The smallest absolute Gasteiger partial charge is 0.241 e. The summed E-state index contributed by atoms with van der Waals surface area (Å²) in [6, 6.07) is 4.96. The van der Waals surface area contributed by atoms with Gasteiger partial charge in [0.2, 0.25) is 10.0 Å². The Bertz CT molecular complexity index is 557. The summed E-state index contributed by atoms with van der Waals surface area (Å²) in [6.45, 7) is 3.24. The molecule has 0 bridgehead atoms. The highest BCUT2D eigenvalue weighted by Crippen LogP contribution is 2.19. The molecule has 5 nitrogen and oxygen atoms in total. The standard InChI is InChI=1S/C13H20N2O3S/c1-10-3-4-11(9-16)7-13(10)19(17,18)14-12-5-6-15(2)8-12/h3-4,7,12,14,16H,5-6,8-9H2,1-2H3. The zero-order valence-corrected chi connectivity index (χ0v) is 12.1. The molecule has 2 N–H and O–H groups in total. The van der Waals surface area contributed by atoms with Crippen molar-refractivity contribution in [2.75, 3.05) is 20.1 Å². The van der Waals surface area contributed by atoms with Crippen molar-refractivity contribution < 1.29 is 13.5 Å². The van der Waals surface area contributed by atoms with Crippen molar-refractivity contribution >= 4 is 10.0 Å². The van der Waals surface area contributed by atoms with E-state index in [1.54, 1.807) is 19.1 Å². The summed E-state index contributed by atoms with van der Waals surface area (Å²) < 4.78 is 27.5. The highest BCUT2D eigenvalue weighted by molar-refractivity contribution is 7.89. The fourth-order valence-corrected chi connectivity index (χ4v) is 3.90. The normalized spacial score (nSPS) is 20.9. The Morgan fingerprint density at radius 2 is 2.21 bits per heavy atom. The van der Waals surface area contributed by atoms with Gasteiger partial charge in [-0.05, 0) is 44.1 Å². The quantitative estimate of drug-likeness (QED) is 0.843. The minimum Gasteiger partial charge on any atom is -0.392 e. The molecule has 1 aromatic rings. The van der Waals surface area contributed by atoms with Crippen molar-refractivity contribution in [1.29, 1.82) is 0 Å². The van der Waals surface area contributed by atoms with Crippen LogP contribution in [0.3, 0.4) is 0 Å². The van der Waals surface area contributed by atoms with E-state index in [1.807, 2.05) is 7.05 Å². The molecular weight excluding hydrogens is 264 g/mol. The van der Waals surface area contributed by atoms with Crippen molar-refractivity contribution in [2.45, 2.75) is 30.9 Å². The summed E-state index contributed by atoms with van der Waals surface area (Å²) in [5.41, 5.74) is 1.30. The molecule has 1 atom stereocenters. The highest BCUT2D eigenvalue weighted by atomic mass is 32.2. The van der Waals surface area contributed by atoms with E-state index in [0.717, 1.165) is 19.5 Å². The number of sulfonamides is 1. The number of rotatable bonds is 4. The van der Waals surface area contributed by atoms with Gasteiger partial charge in [0.05, 0.1) is 11.5 Å². The number of hydrogen-bond donors (Lipinski definition) is 2. The van der Waals surface area contributed by atoms with Crippen LogP contribution in [0.25, 0.3) is 0 Å². The van der Waals surface area contributed by atoms with Crippen LogP contribution >= 0.6 is 0 Å². The molecule has 0 aliphatic carbocycles. The molecule has 106 valence electrons. The number of likely N-dealkylation sites (N-methyl/N-ethyl adjacent to an activating group) is 1. The Hall–Kier alpha value is -0.950. The van der Waals surface area contributed by atoms with Crippen LogP contribution in [0.2, 0.25) is 0 Å². The molecule has 19 heavy (non-hydrogen) atoms. The second kappa shape index (κ2) is 5.58. The number of benzene rings is 1. The summed E-state index contributed by atoms with van der Waals surface area (Å²) in [5.74, 6) is 0. The second-order valence-corrected chi connectivity index (χ2v) is 6.81. The van der Waals surface area contributed by atoms with Gasteiger partial charge < -0.3 is 10.0 Å². The number of aryl methyl sites for hydroxylation is 1. The molecule has 1 fully saturated rings. The lowest BCUT2D eigenvalue weighted by atomic mass is 10.2. The van der Waals surface area contributed by atoms with Crippen molar-refractivity contribution in [3.63, 3.8) is 0 Å². The van der Waals surface area contributed by atoms with Crippen LogP contribution in [0.4, 0.5) is 0 Å². The predicted molar refractivity (Wildman–Crippen MR) is 73.3 cm³/mol. The first-order chi connectivity index (χ1) is 8.92. The molecule has 1 saturated heterocycles. The molecule has 1 aromatic carbocycles. The molecule has 0 radical (unpaired) electrons. The summed E-state index contributed by atoms with van der Waals surface area (Å²) in [4.78, 5) is 2.36. The Morgan fingerprint density at radius 1 is 1.47 bits per heavy atom. The first-order valence-electron chi connectivity index (χ1n) is 6.33. The maximum Gasteiger partial charge on any atom is 0.241 e. The maximum atomic E-state index is 12.4. The first kappa shape index (κ1) is 14.5. The topological polar surface area (TPSA) is 69.6 Å². The van der Waals surface area contributed by atoms with Gasteiger partial charge in [-0.15, -0.1) is 0 Å². The van der Waals surface area contributed by atoms with E-state index in [1.165, 1.54) is 6.07 Å². The monoisotopic (exact) mass is 284 g/mol. The van der Waals surface area contributed by atoms with Gasteiger partial charge in [0.25, 0.3) is 0 Å². The molecule has 1 heterocycles. The molecule has 1 aliphatic heterocycles. The van der Waals surface area contributed by atoms with Crippen LogP contribution in [-0.4, -0.2) is 44.6 Å². The van der Waals surface area contributed by atoms with Gasteiger partial charge >= 0.3 is 0 Å². The Kier molecular flexibility index (Phi) is 4.25. The number of likely N-dealkylation sites (tertiary alicyclic amines) is 1. The van der Waals surface area contributed by atoms with E-state index >= 15 is 0 Å². The predicted octanol–water partition coefficient (Wildman–Crippen LogP) is 0.470. The fourth-order valence-electron chi connectivity index (χ4n) is 2.35. The van der Waals surface area contributed by atoms with E-state index in [4.69, 9.17) is 5.11 Å². The highest BCUT2D eigenvalue weighted by Gasteiger charge is 2.26. The molecule has 1 aliphatic rings. The molecule has 0 aromatic heterocycles. The second-order valence-electron chi connectivity index (χ2n) is 5.13. The maximum absolute atomic E-state index is 12.4. The molecule has 6 heteroatoms. The Labute approximate surface area is 114 Å². The van der Waals surface area contributed by atoms with Crippen LogP contribution in [0.5, 0.6) is 0 Å². The average molecular weight is 284 g/mol. The first-order valence-corrected chi connectivity index (χ1v) is 7.82. The van der Waals surface area contributed by atoms with Gasteiger partial charge in [0.1, 0.15) is 0 Å². The third-order valence-electron chi connectivity index (χ3n) is 3.44. The van der Waals surface area contributed by atoms with Gasteiger partial charge in [0.15, 0.2) is 0 Å². The van der Waals surface area contributed by atoms with E-state index in [9.17, 15) is 8.42 Å². The lowest BCUT2D eigenvalue weighted by Gasteiger charge is -2.15. The third-order valence-corrected chi connectivity index (χ3v) is 5.10. The summed E-state index contributed by atoms with van der Waals surface area (Å²) >= 11 is 0. The zero-order valence-electron chi connectivity index (χ0n) is 11.3. The molecular formula is C13H20N2O3S. The molecule has 1 unspecified atom stereocenters. The number of nitrogens with one attached hydrogen (secondary N) is 1. The molecule has 0 amide bonds. The van der Waals surface area contributed by atoms with Gasteiger partial charge in [-0.2, -0.15) is 0 Å². The molecule has 0 spiro atoms. The van der Waals surface area contributed by atoms with Gasteiger partial charge in [-0.1, -0.05) is 12.1 Å². The zero-order chi connectivity index (χ0) is 14.0. The molecule has 2 rings (SSSR count). The van der Waals surface area contributed by atoms with Gasteiger partial charge in [-0.25, -0.2) is 13.1 Å². The largest absolute Gasteiger partial charge is 0.392 e. The lowest BCUT2D eigenvalue weighted by Crippen LogP contribution is -2.36. The van der Waals surface area contributed by atoms with Crippen LogP contribution in [0, 0.1) is 6.92 Å². The van der Waals surface area contributed by atoms with Crippen molar-refractivity contribution in [2.24, 2.45) is 0 Å². The van der Waals surface area contributed by atoms with E-state index in [2.05, 4.69) is 9.62 Å². The Morgan fingerprint density at radius 3 is 2.79 bits per heavy atom. The fraction of sp³-hybridized carbons (Fsp3) is 0.538. The SMILES string of the molecule is Cc1ccc(CO)cc1S(=O)(=O)NC1CCN(C)C1.